The van der Waals surface area contributed by atoms with E-state index in [0.717, 1.165) is 25.2 Å². The van der Waals surface area contributed by atoms with Gasteiger partial charge in [-0.05, 0) is 37.5 Å². The monoisotopic (exact) mass is 363 g/mol. The highest BCUT2D eigenvalue weighted by atomic mass is 35.5. The fourth-order valence-electron chi connectivity index (χ4n) is 2.42. The topological polar surface area (TPSA) is 68.5 Å². The number of halogens is 1. The first kappa shape index (κ1) is 17.7. The third kappa shape index (κ3) is 4.51. The maximum absolute atomic E-state index is 12.5. The molecule has 1 aliphatic rings. The molecule has 6 nitrogen and oxygen atoms in total. The van der Waals surface area contributed by atoms with Gasteiger partial charge in [0.1, 0.15) is 5.75 Å². The van der Waals surface area contributed by atoms with Crippen molar-refractivity contribution in [3.8, 4) is 5.75 Å². The molecule has 1 saturated carbocycles. The molecule has 0 saturated heterocycles. The van der Waals surface area contributed by atoms with E-state index in [1.54, 1.807) is 30.1 Å². The molecule has 0 N–H and O–H groups in total. The SMILES string of the molecule is CCCOc1ccc(C(=O)N(C)CCc2noc(C3CC3)n2)cc1Cl. The number of carbonyl (C=O) groups is 1. The van der Waals surface area contributed by atoms with Crippen molar-refractivity contribution in [3.63, 3.8) is 0 Å². The summed E-state index contributed by atoms with van der Waals surface area (Å²) in [5.74, 6) is 2.30. The molecule has 3 rings (SSSR count). The molecule has 0 bridgehead atoms. The van der Waals surface area contributed by atoms with Crippen LogP contribution in [0.2, 0.25) is 5.02 Å². The van der Waals surface area contributed by atoms with Crippen LogP contribution < -0.4 is 4.74 Å². The molecular formula is C18H22ClN3O3. The Morgan fingerprint density at radius 1 is 1.44 bits per heavy atom. The molecule has 1 aliphatic carbocycles. The van der Waals surface area contributed by atoms with Crippen molar-refractivity contribution in [2.24, 2.45) is 0 Å². The van der Waals surface area contributed by atoms with Gasteiger partial charge in [0.05, 0.1) is 11.6 Å². The van der Waals surface area contributed by atoms with Crippen molar-refractivity contribution in [1.29, 1.82) is 0 Å². The van der Waals surface area contributed by atoms with Gasteiger partial charge in [-0.2, -0.15) is 4.98 Å². The molecule has 1 aromatic carbocycles. The number of aromatic nitrogens is 2. The molecule has 0 aliphatic heterocycles. The molecule has 0 spiro atoms. The summed E-state index contributed by atoms with van der Waals surface area (Å²) in [7, 11) is 1.75. The van der Waals surface area contributed by atoms with Crippen LogP contribution in [0.15, 0.2) is 22.7 Å². The fraction of sp³-hybridized carbons (Fsp3) is 0.500. The Morgan fingerprint density at radius 2 is 2.24 bits per heavy atom. The molecule has 0 atom stereocenters. The average Bonchev–Trinajstić information content (AvgIpc) is 3.36. The predicted octanol–water partition coefficient (Wildman–Crippen LogP) is 3.70. The second kappa shape index (κ2) is 7.87. The van der Waals surface area contributed by atoms with Gasteiger partial charge in [0.25, 0.3) is 5.91 Å². The Morgan fingerprint density at radius 3 is 2.92 bits per heavy atom. The van der Waals surface area contributed by atoms with Crippen molar-refractivity contribution in [3.05, 3.63) is 40.5 Å². The minimum Gasteiger partial charge on any atom is -0.492 e. The summed E-state index contributed by atoms with van der Waals surface area (Å²) < 4.78 is 10.8. The molecule has 0 radical (unpaired) electrons. The molecule has 0 unspecified atom stereocenters. The second-order valence-electron chi connectivity index (χ2n) is 6.29. The second-order valence-corrected chi connectivity index (χ2v) is 6.70. The summed E-state index contributed by atoms with van der Waals surface area (Å²) in [6, 6.07) is 5.11. The van der Waals surface area contributed by atoms with Crippen molar-refractivity contribution in [2.75, 3.05) is 20.2 Å². The summed E-state index contributed by atoms with van der Waals surface area (Å²) in [4.78, 5) is 18.5. The normalized spacial score (nSPS) is 13.7. The van der Waals surface area contributed by atoms with E-state index in [2.05, 4.69) is 10.1 Å². The first-order valence-electron chi connectivity index (χ1n) is 8.58. The van der Waals surface area contributed by atoms with Gasteiger partial charge < -0.3 is 14.2 Å². The zero-order valence-electron chi connectivity index (χ0n) is 14.5. The van der Waals surface area contributed by atoms with E-state index in [4.69, 9.17) is 20.9 Å². The van der Waals surface area contributed by atoms with E-state index in [9.17, 15) is 4.79 Å². The third-order valence-electron chi connectivity index (χ3n) is 4.07. The quantitative estimate of drug-likeness (QED) is 0.715. The molecule has 1 amide bonds. The van der Waals surface area contributed by atoms with Gasteiger partial charge in [-0.25, -0.2) is 0 Å². The number of hydrogen-bond acceptors (Lipinski definition) is 5. The Hall–Kier alpha value is -2.08. The van der Waals surface area contributed by atoms with E-state index in [0.29, 0.717) is 47.7 Å². The number of amides is 1. The molecule has 2 aromatic rings. The minimum atomic E-state index is -0.102. The summed E-state index contributed by atoms with van der Waals surface area (Å²) >= 11 is 6.20. The fourth-order valence-corrected chi connectivity index (χ4v) is 2.65. The molecule has 1 heterocycles. The first-order chi connectivity index (χ1) is 12.1. The van der Waals surface area contributed by atoms with Crippen molar-refractivity contribution < 1.29 is 14.1 Å². The van der Waals surface area contributed by atoms with E-state index in [1.807, 2.05) is 6.92 Å². The Balaban J connectivity index is 1.56. The van der Waals surface area contributed by atoms with Crippen LogP contribution in [-0.2, 0) is 6.42 Å². The standard InChI is InChI=1S/C18H22ClN3O3/c1-3-10-24-15-7-6-13(11-14(15)19)18(23)22(2)9-8-16-20-17(25-21-16)12-4-5-12/h6-7,11-12H,3-5,8-10H2,1-2H3. The largest absolute Gasteiger partial charge is 0.492 e. The van der Waals surface area contributed by atoms with Gasteiger partial charge in [0.15, 0.2) is 5.82 Å². The lowest BCUT2D eigenvalue weighted by atomic mass is 10.2. The smallest absolute Gasteiger partial charge is 0.253 e. The van der Waals surface area contributed by atoms with Crippen molar-refractivity contribution in [1.82, 2.24) is 15.0 Å². The molecule has 1 fully saturated rings. The van der Waals surface area contributed by atoms with Gasteiger partial charge in [-0.3, -0.25) is 4.79 Å². The third-order valence-corrected chi connectivity index (χ3v) is 4.36. The van der Waals surface area contributed by atoms with Gasteiger partial charge in [0.2, 0.25) is 5.89 Å². The Bertz CT molecular complexity index is 743. The van der Waals surface area contributed by atoms with E-state index in [1.165, 1.54) is 0 Å². The lowest BCUT2D eigenvalue weighted by molar-refractivity contribution is 0.0795. The van der Waals surface area contributed by atoms with Crippen LogP contribution in [-0.4, -0.2) is 41.1 Å². The number of rotatable bonds is 8. The van der Waals surface area contributed by atoms with Crippen LogP contribution >= 0.6 is 11.6 Å². The molecule has 25 heavy (non-hydrogen) atoms. The van der Waals surface area contributed by atoms with Gasteiger partial charge in [0, 0.05) is 31.5 Å². The highest BCUT2D eigenvalue weighted by Crippen LogP contribution is 2.38. The average molecular weight is 364 g/mol. The van der Waals surface area contributed by atoms with E-state index in [-0.39, 0.29) is 5.91 Å². The van der Waals surface area contributed by atoms with Crippen LogP contribution in [0.3, 0.4) is 0 Å². The number of ether oxygens (including phenoxy) is 1. The highest BCUT2D eigenvalue weighted by molar-refractivity contribution is 6.32. The summed E-state index contributed by atoms with van der Waals surface area (Å²) in [5.41, 5.74) is 0.531. The van der Waals surface area contributed by atoms with Crippen LogP contribution in [0, 0.1) is 0 Å². The molecule has 7 heteroatoms. The van der Waals surface area contributed by atoms with Gasteiger partial charge >= 0.3 is 0 Å². The van der Waals surface area contributed by atoms with Crippen molar-refractivity contribution >= 4 is 17.5 Å². The van der Waals surface area contributed by atoms with E-state index < -0.39 is 0 Å². The first-order valence-corrected chi connectivity index (χ1v) is 8.96. The number of nitrogens with zero attached hydrogens (tertiary/aromatic N) is 3. The van der Waals surface area contributed by atoms with Crippen LogP contribution in [0.4, 0.5) is 0 Å². The van der Waals surface area contributed by atoms with Crippen LogP contribution in [0.5, 0.6) is 5.75 Å². The zero-order chi connectivity index (χ0) is 17.8. The minimum absolute atomic E-state index is 0.102. The number of likely N-dealkylation sites (N-methyl/N-ethyl adjacent to an activating group) is 1. The molecule has 134 valence electrons. The number of hydrogen-bond donors (Lipinski definition) is 0. The molecule has 1 aromatic heterocycles. The Kier molecular flexibility index (Phi) is 5.58. The number of benzene rings is 1. The summed E-state index contributed by atoms with van der Waals surface area (Å²) in [5, 5.41) is 4.42. The van der Waals surface area contributed by atoms with E-state index >= 15 is 0 Å². The predicted molar refractivity (Wildman–Crippen MR) is 94.2 cm³/mol. The summed E-state index contributed by atoms with van der Waals surface area (Å²) in [6.45, 7) is 3.13. The Labute approximate surface area is 152 Å². The lowest BCUT2D eigenvalue weighted by Gasteiger charge is -2.17. The number of carbonyl (C=O) groups excluding carboxylic acids is 1. The maximum Gasteiger partial charge on any atom is 0.253 e. The lowest BCUT2D eigenvalue weighted by Crippen LogP contribution is -2.29. The van der Waals surface area contributed by atoms with Gasteiger partial charge in [-0.1, -0.05) is 23.7 Å². The maximum atomic E-state index is 12.5. The van der Waals surface area contributed by atoms with Crippen molar-refractivity contribution in [2.45, 2.75) is 38.5 Å². The molecular weight excluding hydrogens is 342 g/mol. The highest BCUT2D eigenvalue weighted by Gasteiger charge is 2.29. The van der Waals surface area contributed by atoms with Gasteiger partial charge in [-0.15, -0.1) is 0 Å². The zero-order valence-corrected chi connectivity index (χ0v) is 15.3. The summed E-state index contributed by atoms with van der Waals surface area (Å²) in [6.07, 6.45) is 3.71. The van der Waals surface area contributed by atoms with Crippen LogP contribution in [0.1, 0.15) is 54.2 Å². The van der Waals surface area contributed by atoms with Crippen LogP contribution in [0.25, 0.3) is 0 Å².